The van der Waals surface area contributed by atoms with Gasteiger partial charge >= 0.3 is 0 Å². The van der Waals surface area contributed by atoms with E-state index in [1.807, 2.05) is 42.8 Å². The Kier molecular flexibility index (Phi) is 7.41. The molecule has 2 aromatic carbocycles. The van der Waals surface area contributed by atoms with Crippen molar-refractivity contribution in [2.24, 2.45) is 0 Å². The molecule has 0 atom stereocenters. The quantitative estimate of drug-likeness (QED) is 0.578. The van der Waals surface area contributed by atoms with Crippen LogP contribution in [0.4, 0.5) is 0 Å². The van der Waals surface area contributed by atoms with E-state index in [9.17, 15) is 4.79 Å². The summed E-state index contributed by atoms with van der Waals surface area (Å²) in [5.74, 6) is -0.0561. The number of hydrogen-bond acceptors (Lipinski definition) is 3. The summed E-state index contributed by atoms with van der Waals surface area (Å²) in [5, 5.41) is 7.56. The van der Waals surface area contributed by atoms with Crippen molar-refractivity contribution >= 4 is 5.91 Å². The second-order valence-corrected chi connectivity index (χ2v) is 7.75. The van der Waals surface area contributed by atoms with Crippen molar-refractivity contribution in [1.82, 2.24) is 20.0 Å². The van der Waals surface area contributed by atoms with Crippen LogP contribution in [-0.2, 0) is 19.6 Å². The maximum absolute atomic E-state index is 12.7. The first-order valence-electron chi connectivity index (χ1n) is 10.7. The van der Waals surface area contributed by atoms with E-state index in [1.54, 1.807) is 0 Å². The van der Waals surface area contributed by atoms with E-state index >= 15 is 0 Å². The number of aryl methyl sites for hydroxylation is 2. The average molecular weight is 405 g/mol. The fourth-order valence-corrected chi connectivity index (χ4v) is 3.65. The highest BCUT2D eigenvalue weighted by molar-refractivity contribution is 5.94. The minimum absolute atomic E-state index is 0.0561. The Bertz CT molecular complexity index is 988. The minimum Gasteiger partial charge on any atom is -0.348 e. The lowest BCUT2D eigenvalue weighted by molar-refractivity contribution is 0.0950. The molecule has 0 aliphatic rings. The van der Waals surface area contributed by atoms with Gasteiger partial charge in [-0.25, -0.2) is 0 Å². The summed E-state index contributed by atoms with van der Waals surface area (Å²) in [6.07, 6.45) is 0. The number of rotatable bonds is 9. The first kappa shape index (κ1) is 21.8. The van der Waals surface area contributed by atoms with E-state index in [2.05, 4.69) is 59.5 Å². The maximum Gasteiger partial charge on any atom is 0.251 e. The number of hydrogen-bond donors (Lipinski definition) is 1. The molecule has 158 valence electrons. The average Bonchev–Trinajstić information content (AvgIpc) is 3.07. The Morgan fingerprint density at radius 2 is 1.67 bits per heavy atom. The predicted octanol–water partition coefficient (Wildman–Crippen LogP) is 4.32. The molecule has 5 heteroatoms. The van der Waals surface area contributed by atoms with Gasteiger partial charge in [0, 0.05) is 24.3 Å². The van der Waals surface area contributed by atoms with Crippen LogP contribution in [0.3, 0.4) is 0 Å². The van der Waals surface area contributed by atoms with Gasteiger partial charge in [0.15, 0.2) is 0 Å². The van der Waals surface area contributed by atoms with Crippen molar-refractivity contribution in [3.05, 3.63) is 88.2 Å². The molecule has 5 nitrogen and oxygen atoms in total. The van der Waals surface area contributed by atoms with Gasteiger partial charge in [0.25, 0.3) is 5.91 Å². The lowest BCUT2D eigenvalue weighted by Crippen LogP contribution is -2.24. The number of benzene rings is 2. The standard InChI is InChI=1S/C25H32N4O/c1-5-28(6-2)17-22-10-7-9-21(14-22)16-26-25(30)24-12-8-11-23(15-24)18-29-20(4)13-19(3)27-29/h7-15H,5-6,16-18H2,1-4H3,(H,26,30). The molecule has 3 aromatic rings. The molecular formula is C25H32N4O. The number of aromatic nitrogens is 2. The smallest absolute Gasteiger partial charge is 0.251 e. The molecule has 1 N–H and O–H groups in total. The van der Waals surface area contributed by atoms with Gasteiger partial charge in [-0.05, 0) is 61.8 Å². The van der Waals surface area contributed by atoms with Gasteiger partial charge in [-0.1, -0.05) is 50.2 Å². The summed E-state index contributed by atoms with van der Waals surface area (Å²) in [7, 11) is 0. The fourth-order valence-electron chi connectivity index (χ4n) is 3.65. The van der Waals surface area contributed by atoms with Crippen LogP contribution in [0.2, 0.25) is 0 Å². The van der Waals surface area contributed by atoms with Crippen molar-refractivity contribution in [3.8, 4) is 0 Å². The monoisotopic (exact) mass is 404 g/mol. The van der Waals surface area contributed by atoms with E-state index < -0.39 is 0 Å². The second-order valence-electron chi connectivity index (χ2n) is 7.75. The zero-order chi connectivity index (χ0) is 21.5. The summed E-state index contributed by atoms with van der Waals surface area (Å²) < 4.78 is 1.97. The molecule has 0 saturated carbocycles. The van der Waals surface area contributed by atoms with Crippen molar-refractivity contribution in [2.75, 3.05) is 13.1 Å². The molecule has 0 bridgehead atoms. The van der Waals surface area contributed by atoms with E-state index in [1.165, 1.54) is 5.56 Å². The molecule has 30 heavy (non-hydrogen) atoms. The van der Waals surface area contributed by atoms with Gasteiger partial charge in [0.2, 0.25) is 0 Å². The number of carbonyl (C=O) groups excluding carboxylic acids is 1. The molecule has 1 aromatic heterocycles. The van der Waals surface area contributed by atoms with E-state index in [0.717, 1.165) is 42.1 Å². The summed E-state index contributed by atoms with van der Waals surface area (Å²) in [6.45, 7) is 12.6. The maximum atomic E-state index is 12.7. The summed E-state index contributed by atoms with van der Waals surface area (Å²) in [6, 6.07) is 18.3. The second kappa shape index (κ2) is 10.2. The van der Waals surface area contributed by atoms with Gasteiger partial charge in [-0.3, -0.25) is 14.4 Å². The molecule has 0 aliphatic carbocycles. The zero-order valence-corrected chi connectivity index (χ0v) is 18.5. The number of amides is 1. The van der Waals surface area contributed by atoms with Crippen LogP contribution in [0.5, 0.6) is 0 Å². The SMILES string of the molecule is CCN(CC)Cc1cccc(CNC(=O)c2cccc(Cn3nc(C)cc3C)c2)c1. The number of nitrogens with one attached hydrogen (secondary N) is 1. The molecule has 0 fully saturated rings. The third-order valence-corrected chi connectivity index (χ3v) is 5.37. The molecule has 0 radical (unpaired) electrons. The molecular weight excluding hydrogens is 372 g/mol. The van der Waals surface area contributed by atoms with Crippen LogP contribution in [0, 0.1) is 13.8 Å². The van der Waals surface area contributed by atoms with Crippen molar-refractivity contribution in [2.45, 2.75) is 47.3 Å². The highest BCUT2D eigenvalue weighted by atomic mass is 16.1. The van der Waals surface area contributed by atoms with Gasteiger partial charge < -0.3 is 5.32 Å². The van der Waals surface area contributed by atoms with Crippen LogP contribution in [0.25, 0.3) is 0 Å². The molecule has 3 rings (SSSR count). The van der Waals surface area contributed by atoms with Gasteiger partial charge in [-0.2, -0.15) is 5.10 Å². The minimum atomic E-state index is -0.0561. The van der Waals surface area contributed by atoms with Crippen LogP contribution in [0.15, 0.2) is 54.6 Å². The first-order valence-corrected chi connectivity index (χ1v) is 10.7. The summed E-state index contributed by atoms with van der Waals surface area (Å²) >= 11 is 0. The third-order valence-electron chi connectivity index (χ3n) is 5.37. The van der Waals surface area contributed by atoms with Crippen LogP contribution in [0.1, 0.15) is 52.3 Å². The normalized spacial score (nSPS) is 11.1. The van der Waals surface area contributed by atoms with Crippen molar-refractivity contribution in [1.29, 1.82) is 0 Å². The Labute approximate surface area is 179 Å². The van der Waals surface area contributed by atoms with E-state index in [-0.39, 0.29) is 5.91 Å². The summed E-state index contributed by atoms with van der Waals surface area (Å²) in [5.41, 5.74) is 6.25. The number of nitrogens with zero attached hydrogens (tertiary/aromatic N) is 3. The molecule has 1 amide bonds. The van der Waals surface area contributed by atoms with Gasteiger partial charge in [0.1, 0.15) is 0 Å². The molecule has 0 aliphatic heterocycles. The molecule has 0 spiro atoms. The van der Waals surface area contributed by atoms with Crippen LogP contribution in [-0.4, -0.2) is 33.7 Å². The Hall–Kier alpha value is -2.92. The molecule has 0 saturated heterocycles. The van der Waals surface area contributed by atoms with Gasteiger partial charge in [0.05, 0.1) is 12.2 Å². The highest BCUT2D eigenvalue weighted by Crippen LogP contribution is 2.12. The van der Waals surface area contributed by atoms with Gasteiger partial charge in [-0.15, -0.1) is 0 Å². The van der Waals surface area contributed by atoms with Crippen LogP contribution < -0.4 is 5.32 Å². The van der Waals surface area contributed by atoms with Crippen molar-refractivity contribution in [3.63, 3.8) is 0 Å². The lowest BCUT2D eigenvalue weighted by atomic mass is 10.1. The zero-order valence-electron chi connectivity index (χ0n) is 18.5. The van der Waals surface area contributed by atoms with E-state index in [4.69, 9.17) is 0 Å². The number of carbonyl (C=O) groups is 1. The third kappa shape index (κ3) is 5.80. The van der Waals surface area contributed by atoms with E-state index in [0.29, 0.717) is 18.7 Å². The Balaban J connectivity index is 1.62. The Morgan fingerprint density at radius 1 is 0.967 bits per heavy atom. The Morgan fingerprint density at radius 3 is 2.37 bits per heavy atom. The summed E-state index contributed by atoms with van der Waals surface area (Å²) in [4.78, 5) is 15.1. The fraction of sp³-hybridized carbons (Fsp3) is 0.360. The van der Waals surface area contributed by atoms with Crippen molar-refractivity contribution < 1.29 is 4.79 Å². The highest BCUT2D eigenvalue weighted by Gasteiger charge is 2.09. The molecule has 1 heterocycles. The topological polar surface area (TPSA) is 50.2 Å². The lowest BCUT2D eigenvalue weighted by Gasteiger charge is -2.18. The van der Waals surface area contributed by atoms with Crippen LogP contribution >= 0.6 is 0 Å². The molecule has 0 unspecified atom stereocenters. The predicted molar refractivity (Wildman–Crippen MR) is 121 cm³/mol. The first-order chi connectivity index (χ1) is 14.5. The largest absolute Gasteiger partial charge is 0.348 e.